The predicted octanol–water partition coefficient (Wildman–Crippen LogP) is 4.93. The van der Waals surface area contributed by atoms with Crippen molar-refractivity contribution in [3.8, 4) is 0 Å². The average molecular weight is 194 g/mol. The molecule has 0 aliphatic heterocycles. The number of hydrogen-bond donors (Lipinski definition) is 0. The Morgan fingerprint density at radius 1 is 0.500 bits per heavy atom. The minimum Gasteiger partial charge on any atom is -0.0533 e. The van der Waals surface area contributed by atoms with E-state index in [1.54, 1.807) is 38.5 Å². The zero-order valence-electron chi connectivity index (χ0n) is 9.64. The third kappa shape index (κ3) is 5.02. The highest BCUT2D eigenvalue weighted by Gasteiger charge is 2.20. The largest absolute Gasteiger partial charge is 0.0533 e. The maximum Gasteiger partial charge on any atom is -0.0414 e. The van der Waals surface area contributed by atoms with Crippen molar-refractivity contribution in [2.45, 2.75) is 77.0 Å². The molecule has 82 valence electrons. The zero-order valence-corrected chi connectivity index (χ0v) is 9.64. The van der Waals surface area contributed by atoms with Gasteiger partial charge in [-0.05, 0) is 11.8 Å². The Bertz CT molecular complexity index is 124. The molecular weight excluding hydrogens is 168 g/mol. The van der Waals surface area contributed by atoms with Gasteiger partial charge in [0.2, 0.25) is 0 Å². The zero-order chi connectivity index (χ0) is 9.64. The van der Waals surface area contributed by atoms with Crippen LogP contribution >= 0.6 is 0 Å². The molecule has 0 heterocycles. The van der Waals surface area contributed by atoms with Crippen molar-refractivity contribution in [2.75, 3.05) is 0 Å². The van der Waals surface area contributed by atoms with Crippen LogP contribution in [-0.2, 0) is 0 Å². The van der Waals surface area contributed by atoms with E-state index in [9.17, 15) is 0 Å². The Kier molecular flexibility index (Phi) is 4.34. The number of unbranched alkanes of at least 4 members (excludes halogenated alkanes) is 5. The molecule has 0 aromatic carbocycles. The summed E-state index contributed by atoms with van der Waals surface area (Å²) in [6, 6.07) is 0. The van der Waals surface area contributed by atoms with Gasteiger partial charge in [-0.25, -0.2) is 0 Å². The van der Waals surface area contributed by atoms with Crippen molar-refractivity contribution in [3.05, 3.63) is 0 Å². The summed E-state index contributed by atoms with van der Waals surface area (Å²) in [5, 5.41) is 0. The van der Waals surface area contributed by atoms with Crippen molar-refractivity contribution >= 4 is 0 Å². The van der Waals surface area contributed by atoms with Crippen LogP contribution in [0.1, 0.15) is 77.0 Å². The van der Waals surface area contributed by atoms with Gasteiger partial charge in [0.15, 0.2) is 0 Å². The Labute approximate surface area is 89.5 Å². The minimum atomic E-state index is 1.16. The molecule has 0 atom stereocenters. The second-order valence-corrected chi connectivity index (χ2v) is 5.59. The first kappa shape index (κ1) is 10.5. The van der Waals surface area contributed by atoms with Gasteiger partial charge in [0.25, 0.3) is 0 Å². The highest BCUT2D eigenvalue weighted by atomic mass is 14.3. The molecule has 0 unspecified atom stereocenters. The Hall–Kier alpha value is 0. The van der Waals surface area contributed by atoms with E-state index >= 15 is 0 Å². The fourth-order valence-electron chi connectivity index (χ4n) is 2.39. The van der Waals surface area contributed by atoms with Crippen LogP contribution in [0.5, 0.6) is 0 Å². The van der Waals surface area contributed by atoms with Crippen LogP contribution in [0, 0.1) is 11.8 Å². The van der Waals surface area contributed by atoms with Crippen LogP contribution in [0.4, 0.5) is 0 Å². The summed E-state index contributed by atoms with van der Waals surface area (Å²) in [5.74, 6) is 2.31. The molecule has 0 amide bonds. The van der Waals surface area contributed by atoms with Crippen molar-refractivity contribution in [3.63, 3.8) is 0 Å². The predicted molar refractivity (Wildman–Crippen MR) is 62.4 cm³/mol. The van der Waals surface area contributed by atoms with Gasteiger partial charge in [-0.2, -0.15) is 0 Å². The van der Waals surface area contributed by atoms with Gasteiger partial charge < -0.3 is 0 Å². The summed E-state index contributed by atoms with van der Waals surface area (Å²) in [6.45, 7) is 0. The third-order valence-corrected chi connectivity index (χ3v) is 3.87. The molecule has 2 aliphatic rings. The van der Waals surface area contributed by atoms with E-state index < -0.39 is 0 Å². The van der Waals surface area contributed by atoms with Crippen molar-refractivity contribution in [1.82, 2.24) is 0 Å². The first-order valence-electron chi connectivity index (χ1n) is 6.95. The molecule has 0 aromatic heterocycles. The lowest BCUT2D eigenvalue weighted by Crippen LogP contribution is -1.83. The molecule has 0 spiro atoms. The van der Waals surface area contributed by atoms with E-state index in [1.807, 2.05) is 0 Å². The standard InChI is InChI=1S/C14H26/c1(3-5-7-13-9-10-13)2-4-6-8-14-11-12-14/h13-14H,1-12H2. The van der Waals surface area contributed by atoms with E-state index in [4.69, 9.17) is 0 Å². The summed E-state index contributed by atoms with van der Waals surface area (Å²) in [4.78, 5) is 0. The molecule has 2 saturated carbocycles. The molecule has 2 rings (SSSR count). The van der Waals surface area contributed by atoms with Gasteiger partial charge in [0, 0.05) is 0 Å². The Balaban J connectivity index is 1.25. The molecule has 14 heavy (non-hydrogen) atoms. The summed E-state index contributed by atoms with van der Waals surface area (Å²) in [5.41, 5.74) is 0. The van der Waals surface area contributed by atoms with Crippen LogP contribution in [0.2, 0.25) is 0 Å². The summed E-state index contributed by atoms with van der Waals surface area (Å²) in [7, 11) is 0. The van der Waals surface area contributed by atoms with E-state index in [-0.39, 0.29) is 0 Å². The molecule has 0 heteroatoms. The van der Waals surface area contributed by atoms with Crippen LogP contribution < -0.4 is 0 Å². The molecule has 0 bridgehead atoms. The third-order valence-electron chi connectivity index (χ3n) is 3.87. The molecular formula is C14H26. The highest BCUT2D eigenvalue weighted by Crippen LogP contribution is 2.35. The Morgan fingerprint density at radius 3 is 1.21 bits per heavy atom. The fourth-order valence-corrected chi connectivity index (χ4v) is 2.39. The van der Waals surface area contributed by atoms with Crippen LogP contribution in [0.25, 0.3) is 0 Å². The van der Waals surface area contributed by atoms with E-state index in [1.165, 1.54) is 38.5 Å². The highest BCUT2D eigenvalue weighted by molar-refractivity contribution is 4.73. The Morgan fingerprint density at radius 2 is 0.857 bits per heavy atom. The topological polar surface area (TPSA) is 0 Å². The molecule has 2 fully saturated rings. The molecule has 0 radical (unpaired) electrons. The van der Waals surface area contributed by atoms with Gasteiger partial charge >= 0.3 is 0 Å². The number of rotatable bonds is 9. The second kappa shape index (κ2) is 5.78. The van der Waals surface area contributed by atoms with Gasteiger partial charge in [0.05, 0.1) is 0 Å². The van der Waals surface area contributed by atoms with Crippen molar-refractivity contribution in [2.24, 2.45) is 11.8 Å². The van der Waals surface area contributed by atoms with Crippen molar-refractivity contribution in [1.29, 1.82) is 0 Å². The van der Waals surface area contributed by atoms with E-state index in [0.717, 1.165) is 11.8 Å². The second-order valence-electron chi connectivity index (χ2n) is 5.59. The monoisotopic (exact) mass is 194 g/mol. The van der Waals surface area contributed by atoms with Crippen molar-refractivity contribution < 1.29 is 0 Å². The molecule has 0 aromatic rings. The normalized spacial score (nSPS) is 21.4. The smallest absolute Gasteiger partial charge is 0.0414 e. The SMILES string of the molecule is C(CCCCC1CC1)CCCC1CC1. The van der Waals surface area contributed by atoms with Crippen LogP contribution in [0.3, 0.4) is 0 Å². The van der Waals surface area contributed by atoms with E-state index in [0.29, 0.717) is 0 Å². The maximum absolute atomic E-state index is 1.54. The number of hydrogen-bond acceptors (Lipinski definition) is 0. The van der Waals surface area contributed by atoms with Gasteiger partial charge in [0.1, 0.15) is 0 Å². The lowest BCUT2D eigenvalue weighted by molar-refractivity contribution is 0.542. The van der Waals surface area contributed by atoms with Gasteiger partial charge in [-0.15, -0.1) is 0 Å². The van der Waals surface area contributed by atoms with E-state index in [2.05, 4.69) is 0 Å². The molecule has 0 N–H and O–H groups in total. The first-order valence-corrected chi connectivity index (χ1v) is 6.95. The van der Waals surface area contributed by atoms with Crippen LogP contribution in [-0.4, -0.2) is 0 Å². The quantitative estimate of drug-likeness (QED) is 0.457. The molecule has 2 aliphatic carbocycles. The minimum absolute atomic E-state index is 1.16. The van der Waals surface area contributed by atoms with Crippen LogP contribution in [0.15, 0.2) is 0 Å². The van der Waals surface area contributed by atoms with Gasteiger partial charge in [-0.1, -0.05) is 77.0 Å². The summed E-state index contributed by atoms with van der Waals surface area (Å²) < 4.78 is 0. The lowest BCUT2D eigenvalue weighted by Gasteiger charge is -2.01. The maximum atomic E-state index is 1.54. The summed E-state index contributed by atoms with van der Waals surface area (Å²) >= 11 is 0. The average Bonchev–Trinajstić information content (AvgIpc) is 3.00. The summed E-state index contributed by atoms with van der Waals surface area (Å²) in [6.07, 6.45) is 18.4. The fraction of sp³-hybridized carbons (Fsp3) is 1.00. The first-order chi connectivity index (χ1) is 6.95. The molecule has 0 nitrogen and oxygen atoms in total. The van der Waals surface area contributed by atoms with Gasteiger partial charge in [-0.3, -0.25) is 0 Å². The lowest BCUT2D eigenvalue weighted by atomic mass is 10.1. The molecule has 0 saturated heterocycles.